The molecule has 9 heteroatoms. The Morgan fingerprint density at radius 1 is 1.34 bits per heavy atom. The lowest BCUT2D eigenvalue weighted by Crippen LogP contribution is -2.55. The van der Waals surface area contributed by atoms with Crippen molar-refractivity contribution in [3.05, 3.63) is 28.2 Å². The number of fused-ring (bicyclic) bond motifs is 4. The van der Waals surface area contributed by atoms with E-state index in [0.29, 0.717) is 17.9 Å². The van der Waals surface area contributed by atoms with Gasteiger partial charge >= 0.3 is 0 Å². The first-order valence-electron chi connectivity index (χ1n) is 9.88. The summed E-state index contributed by atoms with van der Waals surface area (Å²) in [5, 5.41) is 16.4. The van der Waals surface area contributed by atoms with Crippen LogP contribution < -0.4 is 10.6 Å². The van der Waals surface area contributed by atoms with Crippen molar-refractivity contribution in [1.29, 1.82) is 0 Å². The number of aliphatic hydroxyl groups is 1. The molecule has 0 aliphatic carbocycles. The minimum atomic E-state index is -1.39. The van der Waals surface area contributed by atoms with Gasteiger partial charge in [0.05, 0.1) is 30.6 Å². The molecule has 4 aliphatic rings. The fraction of sp³-hybridized carbons (Fsp3) is 0.550. The molecule has 3 N–H and O–H groups in total. The second kappa shape index (κ2) is 6.60. The van der Waals surface area contributed by atoms with Crippen molar-refractivity contribution in [2.75, 3.05) is 18.5 Å². The Morgan fingerprint density at radius 3 is 2.83 bits per heavy atom. The number of anilines is 1. The first-order valence-corrected chi connectivity index (χ1v) is 10.7. The van der Waals surface area contributed by atoms with Gasteiger partial charge in [0, 0.05) is 28.4 Å². The quantitative estimate of drug-likeness (QED) is 0.570. The summed E-state index contributed by atoms with van der Waals surface area (Å²) in [6.07, 6.45) is 0.616. The van der Waals surface area contributed by atoms with Gasteiger partial charge in [0.15, 0.2) is 0 Å². The smallest absolute Gasteiger partial charge is 0.250 e. The number of hydrogen-bond acceptors (Lipinski definition) is 6. The highest BCUT2D eigenvalue weighted by atomic mass is 79.9. The maximum atomic E-state index is 13.5. The first kappa shape index (κ1) is 19.2. The van der Waals surface area contributed by atoms with E-state index in [1.54, 1.807) is 19.1 Å². The van der Waals surface area contributed by atoms with Crippen LogP contribution >= 0.6 is 15.9 Å². The van der Waals surface area contributed by atoms with Gasteiger partial charge in [-0.05, 0) is 38.0 Å². The minimum Gasteiger partial charge on any atom is -0.392 e. The van der Waals surface area contributed by atoms with Crippen LogP contribution in [0.1, 0.15) is 25.3 Å². The average molecular weight is 464 g/mol. The molecule has 29 heavy (non-hydrogen) atoms. The number of carbonyl (C=O) groups is 3. The number of nitrogens with zero attached hydrogens (tertiary/aromatic N) is 1. The molecule has 0 radical (unpaired) electrons. The van der Waals surface area contributed by atoms with Crippen molar-refractivity contribution < 1.29 is 24.2 Å². The largest absolute Gasteiger partial charge is 0.392 e. The Bertz CT molecular complexity index is 915. The third-order valence-electron chi connectivity index (χ3n) is 6.63. The van der Waals surface area contributed by atoms with Gasteiger partial charge in [0.2, 0.25) is 17.7 Å². The number of benzene rings is 1. The van der Waals surface area contributed by atoms with Gasteiger partial charge in [-0.15, -0.1) is 0 Å². The molecule has 0 aromatic heterocycles. The summed E-state index contributed by atoms with van der Waals surface area (Å²) in [6.45, 7) is 2.39. The van der Waals surface area contributed by atoms with Gasteiger partial charge in [-0.3, -0.25) is 24.6 Å². The third-order valence-corrected chi connectivity index (χ3v) is 7.13. The maximum Gasteiger partial charge on any atom is 0.250 e. The van der Waals surface area contributed by atoms with Crippen LogP contribution in [0.15, 0.2) is 22.7 Å². The number of likely N-dealkylation sites (tertiary alicyclic amines) is 1. The average Bonchev–Trinajstić information content (AvgIpc) is 3.41. The number of rotatable bonds is 3. The van der Waals surface area contributed by atoms with E-state index in [2.05, 4.69) is 26.6 Å². The molecule has 3 saturated heterocycles. The van der Waals surface area contributed by atoms with Gasteiger partial charge in [0.25, 0.3) is 0 Å². The molecule has 4 aliphatic heterocycles. The molecule has 3 fully saturated rings. The molecule has 1 aromatic carbocycles. The Morgan fingerprint density at radius 2 is 2.14 bits per heavy atom. The first-order chi connectivity index (χ1) is 13.8. The molecule has 6 atom stereocenters. The summed E-state index contributed by atoms with van der Waals surface area (Å²) in [7, 11) is 0. The second-order valence-corrected chi connectivity index (χ2v) is 9.20. The highest BCUT2D eigenvalue weighted by molar-refractivity contribution is 9.10. The number of hydrogen-bond donors (Lipinski definition) is 3. The standard InChI is InChI=1S/C20H22BrN3O5/c1-9(25)16-14-15(18(27)24(17(14)26)8-11-3-2-6-29-11)20(23-16)12-7-10(21)4-5-13(12)22-19(20)28/h4-5,7,9,11,14-16,23,25H,2-3,6,8H2,1H3,(H,22,28)/t9-,11-,14+,15-,16-,20-/m0/s1. The van der Waals surface area contributed by atoms with Gasteiger partial charge in [-0.25, -0.2) is 0 Å². The molecule has 0 unspecified atom stereocenters. The molecule has 0 bridgehead atoms. The maximum absolute atomic E-state index is 13.5. The summed E-state index contributed by atoms with van der Waals surface area (Å²) < 4.78 is 6.38. The van der Waals surface area contributed by atoms with E-state index < -0.39 is 29.5 Å². The van der Waals surface area contributed by atoms with Crippen molar-refractivity contribution in [2.24, 2.45) is 11.8 Å². The van der Waals surface area contributed by atoms with Crippen LogP contribution in [0.5, 0.6) is 0 Å². The highest BCUT2D eigenvalue weighted by Crippen LogP contribution is 2.53. The molecular formula is C20H22BrN3O5. The molecule has 1 spiro atoms. The fourth-order valence-corrected chi connectivity index (χ4v) is 5.71. The number of imide groups is 1. The minimum absolute atomic E-state index is 0.172. The normalized spacial score (nSPS) is 36.7. The molecule has 5 rings (SSSR count). The predicted octanol–water partition coefficient (Wildman–Crippen LogP) is 0.729. The van der Waals surface area contributed by atoms with Crippen LogP contribution in [-0.2, 0) is 24.7 Å². The lowest BCUT2D eigenvalue weighted by Gasteiger charge is -2.30. The Hall–Kier alpha value is -1.81. The fourth-order valence-electron chi connectivity index (χ4n) is 5.35. The second-order valence-electron chi connectivity index (χ2n) is 8.29. The van der Waals surface area contributed by atoms with Crippen LogP contribution in [0.25, 0.3) is 0 Å². The van der Waals surface area contributed by atoms with Crippen LogP contribution in [0, 0.1) is 11.8 Å². The van der Waals surface area contributed by atoms with E-state index in [-0.39, 0.29) is 30.4 Å². The molecule has 1 aromatic rings. The highest BCUT2D eigenvalue weighted by Gasteiger charge is 2.71. The third kappa shape index (κ3) is 2.57. The van der Waals surface area contributed by atoms with Gasteiger partial charge < -0.3 is 15.2 Å². The summed E-state index contributed by atoms with van der Waals surface area (Å²) in [4.78, 5) is 41.2. The molecule has 4 heterocycles. The van der Waals surface area contributed by atoms with Crippen molar-refractivity contribution in [1.82, 2.24) is 10.2 Å². The zero-order valence-corrected chi connectivity index (χ0v) is 17.4. The number of amides is 3. The molecule has 8 nitrogen and oxygen atoms in total. The van der Waals surface area contributed by atoms with E-state index in [9.17, 15) is 19.5 Å². The van der Waals surface area contributed by atoms with E-state index in [1.807, 2.05) is 6.07 Å². The zero-order valence-electron chi connectivity index (χ0n) is 15.9. The van der Waals surface area contributed by atoms with Crippen molar-refractivity contribution in [3.8, 4) is 0 Å². The Balaban J connectivity index is 1.61. The zero-order chi connectivity index (χ0) is 20.5. The van der Waals surface area contributed by atoms with Gasteiger partial charge in [-0.1, -0.05) is 15.9 Å². The summed E-state index contributed by atoms with van der Waals surface area (Å²) in [5.41, 5.74) is -0.160. The number of aliphatic hydroxyl groups excluding tert-OH is 1. The summed E-state index contributed by atoms with van der Waals surface area (Å²) in [5.74, 6) is -2.81. The lowest BCUT2D eigenvalue weighted by atomic mass is 9.76. The van der Waals surface area contributed by atoms with Crippen LogP contribution in [0.4, 0.5) is 5.69 Å². The van der Waals surface area contributed by atoms with Crippen molar-refractivity contribution >= 4 is 39.3 Å². The topological polar surface area (TPSA) is 108 Å². The lowest BCUT2D eigenvalue weighted by molar-refractivity contribution is -0.144. The van der Waals surface area contributed by atoms with Crippen molar-refractivity contribution in [2.45, 2.75) is 43.6 Å². The monoisotopic (exact) mass is 463 g/mol. The molecular weight excluding hydrogens is 442 g/mol. The van der Waals surface area contributed by atoms with Gasteiger partial charge in [0.1, 0.15) is 5.54 Å². The van der Waals surface area contributed by atoms with Gasteiger partial charge in [-0.2, -0.15) is 0 Å². The molecule has 3 amide bonds. The predicted molar refractivity (Wildman–Crippen MR) is 106 cm³/mol. The Labute approximate surface area is 176 Å². The van der Waals surface area contributed by atoms with Crippen LogP contribution in [0.2, 0.25) is 0 Å². The van der Waals surface area contributed by atoms with E-state index >= 15 is 0 Å². The SMILES string of the molecule is C[C@H](O)[C@@H]1N[C@]2(C(=O)Nc3ccc(Br)cc32)[C@@H]2C(=O)N(C[C@@H]3CCCO3)C(=O)[C@@H]12. The van der Waals surface area contributed by atoms with E-state index in [0.717, 1.165) is 17.3 Å². The summed E-state index contributed by atoms with van der Waals surface area (Å²) in [6, 6.07) is 4.66. The van der Waals surface area contributed by atoms with Crippen molar-refractivity contribution in [3.63, 3.8) is 0 Å². The number of halogens is 1. The number of nitrogens with one attached hydrogen (secondary N) is 2. The summed E-state index contributed by atoms with van der Waals surface area (Å²) >= 11 is 3.43. The number of ether oxygens (including phenoxy) is 1. The molecule has 154 valence electrons. The Kier molecular flexibility index (Phi) is 4.36. The van der Waals surface area contributed by atoms with Crippen LogP contribution in [0.3, 0.4) is 0 Å². The van der Waals surface area contributed by atoms with E-state index in [4.69, 9.17) is 4.74 Å². The van der Waals surface area contributed by atoms with Crippen LogP contribution in [-0.4, -0.2) is 59.1 Å². The van der Waals surface area contributed by atoms with E-state index in [1.165, 1.54) is 4.90 Å². The number of carbonyl (C=O) groups excluding carboxylic acids is 3. The molecule has 0 saturated carbocycles.